The van der Waals surface area contributed by atoms with E-state index in [-0.39, 0.29) is 10.7 Å². The van der Waals surface area contributed by atoms with E-state index in [1.807, 2.05) is 23.1 Å². The first-order valence-electron chi connectivity index (χ1n) is 9.77. The van der Waals surface area contributed by atoms with Crippen molar-refractivity contribution in [1.82, 2.24) is 9.97 Å². The van der Waals surface area contributed by atoms with Gasteiger partial charge in [-0.05, 0) is 53.6 Å². The first-order chi connectivity index (χ1) is 15.3. The van der Waals surface area contributed by atoms with Crippen molar-refractivity contribution in [3.05, 3.63) is 95.6 Å². The number of halogens is 1. The molecule has 4 aromatic rings. The minimum atomic E-state index is -3.42. The summed E-state index contributed by atoms with van der Waals surface area (Å²) in [5.74, 6) is 0.196. The van der Waals surface area contributed by atoms with Gasteiger partial charge < -0.3 is 4.90 Å². The predicted molar refractivity (Wildman–Crippen MR) is 120 cm³/mol. The van der Waals surface area contributed by atoms with Gasteiger partial charge in [0.15, 0.2) is 9.84 Å². The summed E-state index contributed by atoms with van der Waals surface area (Å²) in [6.07, 6.45) is 2.58. The van der Waals surface area contributed by atoms with Gasteiger partial charge in [-0.25, -0.2) is 22.8 Å². The molecule has 8 heteroatoms. The smallest absolute Gasteiger partial charge is 0.175 e. The van der Waals surface area contributed by atoms with Crippen LogP contribution in [0.4, 0.5) is 10.2 Å². The molecule has 3 aromatic carbocycles. The van der Waals surface area contributed by atoms with Crippen LogP contribution in [-0.2, 0) is 22.9 Å². The maximum Gasteiger partial charge on any atom is 0.175 e. The molecule has 4 rings (SSSR count). The van der Waals surface area contributed by atoms with E-state index < -0.39 is 9.84 Å². The Bertz CT molecular complexity index is 1430. The minimum absolute atomic E-state index is 0.171. The summed E-state index contributed by atoms with van der Waals surface area (Å²) in [5.41, 5.74) is 2.82. The van der Waals surface area contributed by atoms with Crippen LogP contribution in [-0.4, -0.2) is 24.6 Å². The second kappa shape index (κ2) is 8.73. The van der Waals surface area contributed by atoms with E-state index >= 15 is 0 Å². The predicted octanol–water partition coefficient (Wildman–Crippen LogP) is 4.25. The second-order valence-corrected chi connectivity index (χ2v) is 9.46. The Morgan fingerprint density at radius 1 is 0.969 bits per heavy atom. The lowest BCUT2D eigenvalue weighted by Gasteiger charge is -2.25. The highest BCUT2D eigenvalue weighted by atomic mass is 32.2. The molecule has 6 nitrogen and oxygen atoms in total. The lowest BCUT2D eigenvalue weighted by molar-refractivity contribution is 0.602. The Hall–Kier alpha value is -3.83. The molecule has 0 bridgehead atoms. The van der Waals surface area contributed by atoms with E-state index in [4.69, 9.17) is 5.26 Å². The molecule has 0 saturated heterocycles. The molecule has 0 aliphatic carbocycles. The van der Waals surface area contributed by atoms with Gasteiger partial charge in [-0.1, -0.05) is 24.3 Å². The fourth-order valence-corrected chi connectivity index (χ4v) is 4.12. The van der Waals surface area contributed by atoms with Crippen LogP contribution < -0.4 is 4.90 Å². The van der Waals surface area contributed by atoms with Crippen molar-refractivity contribution in [2.24, 2.45) is 0 Å². The third kappa shape index (κ3) is 4.74. The average molecular weight is 447 g/mol. The summed E-state index contributed by atoms with van der Waals surface area (Å²) >= 11 is 0. The van der Waals surface area contributed by atoms with Gasteiger partial charge in [0.1, 0.15) is 18.0 Å². The molecule has 0 aliphatic rings. The van der Waals surface area contributed by atoms with Gasteiger partial charge in [0.05, 0.1) is 22.0 Å². The number of nitriles is 1. The molecule has 0 aliphatic heterocycles. The molecule has 0 atom stereocenters. The molecule has 0 radical (unpaired) electrons. The number of nitrogens with zero attached hydrogens (tertiary/aromatic N) is 4. The Morgan fingerprint density at radius 3 is 2.41 bits per heavy atom. The summed E-state index contributed by atoms with van der Waals surface area (Å²) < 4.78 is 38.1. The highest BCUT2D eigenvalue weighted by molar-refractivity contribution is 7.90. The van der Waals surface area contributed by atoms with Crippen LogP contribution in [0.5, 0.6) is 0 Å². The minimum Gasteiger partial charge on any atom is -0.347 e. The van der Waals surface area contributed by atoms with Gasteiger partial charge in [-0.15, -0.1) is 0 Å². The normalized spacial score (nSPS) is 11.3. The topological polar surface area (TPSA) is 87.0 Å². The van der Waals surface area contributed by atoms with Crippen LogP contribution in [0.25, 0.3) is 10.9 Å². The van der Waals surface area contributed by atoms with Crippen LogP contribution in [0.1, 0.15) is 16.7 Å². The molecule has 1 aromatic heterocycles. The number of fused-ring (bicyclic) bond motifs is 1. The molecule has 0 amide bonds. The Morgan fingerprint density at radius 2 is 1.72 bits per heavy atom. The largest absolute Gasteiger partial charge is 0.347 e. The zero-order valence-corrected chi connectivity index (χ0v) is 18.1. The van der Waals surface area contributed by atoms with Gasteiger partial charge in [0, 0.05) is 24.7 Å². The molecule has 0 fully saturated rings. The average Bonchev–Trinajstić information content (AvgIpc) is 2.78. The van der Waals surface area contributed by atoms with E-state index in [1.54, 1.807) is 30.3 Å². The van der Waals surface area contributed by atoms with Crippen molar-refractivity contribution in [2.45, 2.75) is 18.0 Å². The Kier molecular flexibility index (Phi) is 5.84. The monoisotopic (exact) mass is 446 g/mol. The van der Waals surface area contributed by atoms with Crippen molar-refractivity contribution in [1.29, 1.82) is 5.26 Å². The van der Waals surface area contributed by atoms with Crippen molar-refractivity contribution in [3.63, 3.8) is 0 Å². The van der Waals surface area contributed by atoms with Crippen molar-refractivity contribution in [3.8, 4) is 6.07 Å². The first kappa shape index (κ1) is 21.4. The van der Waals surface area contributed by atoms with Gasteiger partial charge in [-0.2, -0.15) is 5.26 Å². The van der Waals surface area contributed by atoms with E-state index in [2.05, 4.69) is 16.0 Å². The lowest BCUT2D eigenvalue weighted by Crippen LogP contribution is -2.23. The third-order valence-corrected chi connectivity index (χ3v) is 6.14. The van der Waals surface area contributed by atoms with Crippen LogP contribution in [0.15, 0.2) is 78.0 Å². The van der Waals surface area contributed by atoms with E-state index in [0.717, 1.165) is 17.4 Å². The molecule has 0 unspecified atom stereocenters. The van der Waals surface area contributed by atoms with Crippen LogP contribution in [0, 0.1) is 17.1 Å². The maximum atomic E-state index is 13.8. The molecule has 160 valence electrons. The van der Waals surface area contributed by atoms with E-state index in [1.165, 1.54) is 24.5 Å². The van der Waals surface area contributed by atoms with Crippen LogP contribution in [0.3, 0.4) is 0 Å². The summed E-state index contributed by atoms with van der Waals surface area (Å²) in [6.45, 7) is 0.754. The quantitative estimate of drug-likeness (QED) is 0.440. The summed E-state index contributed by atoms with van der Waals surface area (Å²) in [5, 5.41) is 9.64. The lowest BCUT2D eigenvalue weighted by atomic mass is 10.1. The first-order valence-corrected chi connectivity index (χ1v) is 11.7. The Balaban J connectivity index is 1.82. The summed E-state index contributed by atoms with van der Waals surface area (Å²) in [4.78, 5) is 10.8. The van der Waals surface area contributed by atoms with E-state index in [0.29, 0.717) is 35.4 Å². The highest BCUT2D eigenvalue weighted by Crippen LogP contribution is 2.28. The molecule has 1 heterocycles. The van der Waals surface area contributed by atoms with Crippen molar-refractivity contribution in [2.75, 3.05) is 11.2 Å². The number of hydrogen-bond donors (Lipinski definition) is 0. The molecular formula is C24H19FN4O2S. The molecule has 32 heavy (non-hydrogen) atoms. The SMILES string of the molecule is CS(=O)(=O)c1ccc2ncnc(N(Cc3ccc(C#N)cc3)Cc3cccc(F)c3)c2c1. The van der Waals surface area contributed by atoms with E-state index in [9.17, 15) is 12.8 Å². The van der Waals surface area contributed by atoms with Gasteiger partial charge >= 0.3 is 0 Å². The number of anilines is 1. The molecule has 0 saturated carbocycles. The van der Waals surface area contributed by atoms with Crippen molar-refractivity contribution < 1.29 is 12.8 Å². The van der Waals surface area contributed by atoms with Gasteiger partial charge in [-0.3, -0.25) is 0 Å². The fraction of sp³-hybridized carbons (Fsp3) is 0.125. The molecule has 0 spiro atoms. The zero-order valence-electron chi connectivity index (χ0n) is 17.2. The number of rotatable bonds is 6. The van der Waals surface area contributed by atoms with Crippen LogP contribution >= 0.6 is 0 Å². The number of hydrogen-bond acceptors (Lipinski definition) is 6. The third-order valence-electron chi connectivity index (χ3n) is 5.03. The Labute approximate surface area is 185 Å². The summed E-state index contributed by atoms with van der Waals surface area (Å²) in [6, 6.07) is 20.3. The molecule has 0 N–H and O–H groups in total. The number of sulfone groups is 1. The van der Waals surface area contributed by atoms with Crippen LogP contribution in [0.2, 0.25) is 0 Å². The van der Waals surface area contributed by atoms with Gasteiger partial charge in [0.2, 0.25) is 0 Å². The maximum absolute atomic E-state index is 13.8. The van der Waals surface area contributed by atoms with Crippen molar-refractivity contribution >= 4 is 26.6 Å². The second-order valence-electron chi connectivity index (χ2n) is 7.44. The fourth-order valence-electron chi connectivity index (χ4n) is 3.47. The zero-order chi connectivity index (χ0) is 22.7. The molecular weight excluding hydrogens is 427 g/mol. The summed E-state index contributed by atoms with van der Waals surface area (Å²) in [7, 11) is -3.42. The highest BCUT2D eigenvalue weighted by Gasteiger charge is 2.17. The standard InChI is InChI=1S/C24H19FN4O2S/c1-32(30,31)21-9-10-23-22(12-21)24(28-16-27-23)29(15-19-3-2-4-20(25)11-19)14-18-7-5-17(13-26)6-8-18/h2-12,16H,14-15H2,1H3. The number of benzene rings is 3. The number of aromatic nitrogens is 2. The van der Waals surface area contributed by atoms with Gasteiger partial charge in [0.25, 0.3) is 0 Å².